The Kier molecular flexibility index (Phi) is 6.26. The SMILES string of the molecule is Cc1ccc2c(c1B(c1cccc(-c3cc4ccccc4c4ccccc34)c1)c1c(C)ccc3ccccc13)C=CCC2. The van der Waals surface area contributed by atoms with Gasteiger partial charge in [0, 0.05) is 0 Å². The van der Waals surface area contributed by atoms with Crippen LogP contribution in [0, 0.1) is 13.8 Å². The van der Waals surface area contributed by atoms with Gasteiger partial charge in [-0.1, -0.05) is 161 Å². The van der Waals surface area contributed by atoms with Gasteiger partial charge in [0.1, 0.15) is 0 Å². The predicted octanol–water partition coefficient (Wildman–Crippen LogP) is 8.91. The molecule has 0 aliphatic heterocycles. The molecule has 0 unspecified atom stereocenters. The van der Waals surface area contributed by atoms with Crippen molar-refractivity contribution in [3.8, 4) is 11.1 Å². The zero-order valence-electron chi connectivity index (χ0n) is 24.8. The molecular weight excluding hydrogens is 515 g/mol. The van der Waals surface area contributed by atoms with Crippen molar-refractivity contribution in [2.24, 2.45) is 0 Å². The van der Waals surface area contributed by atoms with E-state index in [9.17, 15) is 0 Å². The van der Waals surface area contributed by atoms with Crippen LogP contribution in [0.5, 0.6) is 0 Å². The molecule has 1 aliphatic rings. The lowest BCUT2D eigenvalue weighted by Crippen LogP contribution is -2.55. The number of aryl methyl sites for hydroxylation is 3. The standard InChI is InChI=1S/C42H33B/c1-28-22-24-30-12-3-7-18-36(30)41(28)43(42-29(2)23-25-31-13-4-8-19-37(31)42)34-16-11-15-32(26-34)40-27-33-14-5-6-17-35(33)38-20-9-10-21-39(38)40/h3,5-12,14-27H,4,13H2,1-2H3. The van der Waals surface area contributed by atoms with Gasteiger partial charge in [0.05, 0.1) is 0 Å². The number of rotatable bonds is 4. The van der Waals surface area contributed by atoms with Gasteiger partial charge in [0.2, 0.25) is 6.71 Å². The Morgan fingerprint density at radius 2 is 1.23 bits per heavy atom. The lowest BCUT2D eigenvalue weighted by molar-refractivity contribution is 0.987. The molecule has 1 heteroatoms. The van der Waals surface area contributed by atoms with E-state index in [1.54, 1.807) is 0 Å². The first-order chi connectivity index (χ1) is 21.2. The molecule has 204 valence electrons. The molecule has 0 radical (unpaired) electrons. The van der Waals surface area contributed by atoms with Crippen LogP contribution in [0.4, 0.5) is 0 Å². The van der Waals surface area contributed by atoms with Crippen molar-refractivity contribution in [1.82, 2.24) is 0 Å². The molecule has 0 fully saturated rings. The molecule has 43 heavy (non-hydrogen) atoms. The fraction of sp³-hybridized carbons (Fsp3) is 0.0952. The summed E-state index contributed by atoms with van der Waals surface area (Å²) in [6, 6.07) is 47.6. The maximum Gasteiger partial charge on any atom is 0.243 e. The summed E-state index contributed by atoms with van der Waals surface area (Å²) in [7, 11) is 0. The lowest BCUT2D eigenvalue weighted by Gasteiger charge is -2.26. The number of fused-ring (bicyclic) bond motifs is 5. The maximum atomic E-state index is 2.47. The summed E-state index contributed by atoms with van der Waals surface area (Å²) in [5.41, 5.74) is 12.3. The number of allylic oxidation sites excluding steroid dienone is 1. The van der Waals surface area contributed by atoms with Crippen LogP contribution in [-0.4, -0.2) is 6.71 Å². The minimum atomic E-state index is 0.107. The van der Waals surface area contributed by atoms with Crippen molar-refractivity contribution in [2.75, 3.05) is 0 Å². The van der Waals surface area contributed by atoms with Crippen molar-refractivity contribution < 1.29 is 0 Å². The van der Waals surface area contributed by atoms with Crippen molar-refractivity contribution in [3.05, 3.63) is 156 Å². The predicted molar refractivity (Wildman–Crippen MR) is 189 cm³/mol. The van der Waals surface area contributed by atoms with E-state index in [4.69, 9.17) is 0 Å². The van der Waals surface area contributed by atoms with Crippen LogP contribution in [-0.2, 0) is 6.42 Å². The van der Waals surface area contributed by atoms with Crippen LogP contribution in [0.15, 0.2) is 133 Å². The molecule has 0 heterocycles. The Bertz CT molecular complexity index is 2220. The van der Waals surface area contributed by atoms with Gasteiger partial charge in [-0.25, -0.2) is 0 Å². The number of benzene rings is 7. The van der Waals surface area contributed by atoms with Crippen molar-refractivity contribution in [3.63, 3.8) is 0 Å². The van der Waals surface area contributed by atoms with Crippen LogP contribution in [0.25, 0.3) is 49.5 Å². The molecule has 0 amide bonds. The molecule has 0 spiro atoms. The third kappa shape index (κ3) is 4.31. The highest BCUT2D eigenvalue weighted by atomic mass is 14.2. The summed E-state index contributed by atoms with van der Waals surface area (Å²) >= 11 is 0. The Labute approximate surface area is 254 Å². The van der Waals surface area contributed by atoms with Crippen molar-refractivity contribution in [1.29, 1.82) is 0 Å². The molecule has 8 rings (SSSR count). The van der Waals surface area contributed by atoms with Gasteiger partial charge in [-0.3, -0.25) is 0 Å². The van der Waals surface area contributed by atoms with E-state index in [0.717, 1.165) is 12.8 Å². The van der Waals surface area contributed by atoms with Gasteiger partial charge in [0.15, 0.2) is 0 Å². The third-order valence-electron chi connectivity index (χ3n) is 9.53. The zero-order valence-corrected chi connectivity index (χ0v) is 24.8. The van der Waals surface area contributed by atoms with Gasteiger partial charge in [-0.2, -0.15) is 0 Å². The second-order valence-electron chi connectivity index (χ2n) is 12.1. The summed E-state index contributed by atoms with van der Waals surface area (Å²) in [6.07, 6.45) is 6.95. The molecule has 7 aromatic carbocycles. The van der Waals surface area contributed by atoms with Gasteiger partial charge in [-0.15, -0.1) is 0 Å². The van der Waals surface area contributed by atoms with E-state index < -0.39 is 0 Å². The van der Waals surface area contributed by atoms with Gasteiger partial charge >= 0.3 is 0 Å². The van der Waals surface area contributed by atoms with Gasteiger partial charge < -0.3 is 0 Å². The van der Waals surface area contributed by atoms with Crippen LogP contribution in [0.2, 0.25) is 0 Å². The smallest absolute Gasteiger partial charge is 0.0836 e. The molecule has 0 saturated carbocycles. The average Bonchev–Trinajstić information content (AvgIpc) is 3.06. The van der Waals surface area contributed by atoms with E-state index in [0.29, 0.717) is 0 Å². The van der Waals surface area contributed by atoms with Crippen molar-refractivity contribution >= 4 is 61.5 Å². The highest BCUT2D eigenvalue weighted by Crippen LogP contribution is 2.34. The Hall–Kier alpha value is -4.88. The van der Waals surface area contributed by atoms with Crippen LogP contribution >= 0.6 is 0 Å². The number of hydrogen-bond donors (Lipinski definition) is 0. The minimum Gasteiger partial charge on any atom is -0.0836 e. The van der Waals surface area contributed by atoms with Gasteiger partial charge in [0.25, 0.3) is 0 Å². The monoisotopic (exact) mass is 548 g/mol. The minimum absolute atomic E-state index is 0.107. The molecule has 0 atom stereocenters. The lowest BCUT2D eigenvalue weighted by atomic mass is 9.34. The highest BCUT2D eigenvalue weighted by Gasteiger charge is 2.30. The molecular formula is C42H33B. The van der Waals surface area contributed by atoms with Crippen LogP contribution in [0.3, 0.4) is 0 Å². The molecule has 7 aromatic rings. The normalized spacial score (nSPS) is 12.6. The third-order valence-corrected chi connectivity index (χ3v) is 9.53. The summed E-state index contributed by atoms with van der Waals surface area (Å²) < 4.78 is 0. The summed E-state index contributed by atoms with van der Waals surface area (Å²) in [6.45, 7) is 4.69. The van der Waals surface area contributed by atoms with E-state index in [1.165, 1.54) is 82.1 Å². The zero-order chi connectivity index (χ0) is 28.9. The maximum absolute atomic E-state index is 2.47. The van der Waals surface area contributed by atoms with E-state index in [2.05, 4.69) is 153 Å². The summed E-state index contributed by atoms with van der Waals surface area (Å²) in [5, 5.41) is 7.82. The van der Waals surface area contributed by atoms with Crippen molar-refractivity contribution in [2.45, 2.75) is 26.7 Å². The van der Waals surface area contributed by atoms with E-state index in [1.807, 2.05) is 0 Å². The second-order valence-corrected chi connectivity index (χ2v) is 12.1. The Morgan fingerprint density at radius 1 is 0.535 bits per heavy atom. The second kappa shape index (κ2) is 10.4. The largest absolute Gasteiger partial charge is 0.243 e. The Balaban J connectivity index is 1.43. The molecule has 0 nitrogen and oxygen atoms in total. The molecule has 1 aliphatic carbocycles. The quantitative estimate of drug-likeness (QED) is 0.152. The first-order valence-corrected chi connectivity index (χ1v) is 15.5. The molecule has 0 bridgehead atoms. The molecule has 0 saturated heterocycles. The van der Waals surface area contributed by atoms with E-state index in [-0.39, 0.29) is 6.71 Å². The highest BCUT2D eigenvalue weighted by molar-refractivity contribution is 6.97. The average molecular weight is 549 g/mol. The number of hydrogen-bond acceptors (Lipinski definition) is 0. The first kappa shape index (κ1) is 25.8. The summed E-state index contributed by atoms with van der Waals surface area (Å²) in [5.74, 6) is 0. The van der Waals surface area contributed by atoms with Gasteiger partial charge in [-0.05, 0) is 87.3 Å². The Morgan fingerprint density at radius 3 is 2.09 bits per heavy atom. The van der Waals surface area contributed by atoms with Crippen LogP contribution < -0.4 is 16.4 Å². The van der Waals surface area contributed by atoms with Crippen LogP contribution in [0.1, 0.15) is 28.7 Å². The van der Waals surface area contributed by atoms with E-state index >= 15 is 0 Å². The fourth-order valence-corrected chi connectivity index (χ4v) is 7.47. The molecule has 0 N–H and O–H groups in total. The topological polar surface area (TPSA) is 0 Å². The summed E-state index contributed by atoms with van der Waals surface area (Å²) in [4.78, 5) is 0. The first-order valence-electron chi connectivity index (χ1n) is 15.5. The fourth-order valence-electron chi connectivity index (χ4n) is 7.47. The molecule has 0 aromatic heterocycles.